The average molecular weight is 987 g/mol. The summed E-state index contributed by atoms with van der Waals surface area (Å²) >= 11 is 6.29. The van der Waals surface area contributed by atoms with Gasteiger partial charge in [-0.05, 0) is 86.2 Å². The Morgan fingerprint density at radius 2 is 1.19 bits per heavy atom. The van der Waals surface area contributed by atoms with Gasteiger partial charge in [-0.25, -0.2) is 29.6 Å². The molecule has 0 saturated heterocycles. The van der Waals surface area contributed by atoms with Crippen LogP contribution in [0, 0.1) is 13.1 Å². The highest BCUT2D eigenvalue weighted by Gasteiger charge is 2.31. The maximum atomic E-state index is 13.9. The molecule has 8 aromatic rings. The fourth-order valence-electron chi connectivity index (χ4n) is 8.15. The van der Waals surface area contributed by atoms with Crippen molar-refractivity contribution >= 4 is 80.6 Å². The normalized spacial score (nSPS) is 13.5. The lowest BCUT2D eigenvalue weighted by Gasteiger charge is -2.22. The molecule has 0 aliphatic heterocycles. The van der Waals surface area contributed by atoms with Gasteiger partial charge in [0.25, 0.3) is 11.1 Å². The Bertz CT molecular complexity index is 3540. The molecule has 364 valence electrons. The second-order valence-corrected chi connectivity index (χ2v) is 17.4. The van der Waals surface area contributed by atoms with E-state index >= 15 is 0 Å². The highest BCUT2D eigenvalue weighted by Crippen LogP contribution is 2.40. The molecule has 2 aliphatic rings. The number of nitrogens with one attached hydrogen (secondary N) is 2. The molecule has 10 rings (SSSR count). The molecular formula is C50H48BClN14O6. The smallest absolute Gasteiger partial charge is 0.490 e. The third-order valence-corrected chi connectivity index (χ3v) is 12.2. The zero-order valence-corrected chi connectivity index (χ0v) is 40.2. The maximum absolute atomic E-state index is 13.9. The number of anilines is 4. The van der Waals surface area contributed by atoms with Crippen LogP contribution in [-0.2, 0) is 0 Å². The highest BCUT2D eigenvalue weighted by molar-refractivity contribution is 6.58. The number of aromatic nitrogens is 8. The van der Waals surface area contributed by atoms with Crippen LogP contribution >= 0.6 is 11.6 Å². The van der Waals surface area contributed by atoms with Gasteiger partial charge in [-0.3, -0.25) is 19.6 Å². The number of halogens is 1. The number of hydrogen-bond donors (Lipinski definition) is 6. The zero-order chi connectivity index (χ0) is 51.2. The quantitative estimate of drug-likeness (QED) is 0.0516. The summed E-state index contributed by atoms with van der Waals surface area (Å²) in [5.74, 6) is 2.01. The number of rotatable bonds is 12. The molecule has 2 aromatic carbocycles. The SMILES string of the molecule is COc1cncc(B(O)O)c1.[C-]#[N+]c1cnc(N)nc1N[C@@H](C)c1cc2cccc(-c3cncc(OC)c3)c2c(=O)n1C1CC1.[C-]#[N+]c1cnc(N)nc1N[C@@H](C)c1cc2cccc(Cl)c2c(=O)n1C1CC1. The molecule has 8 N–H and O–H groups in total. The molecule has 6 heterocycles. The molecule has 2 aliphatic carbocycles. The van der Waals surface area contributed by atoms with Crippen LogP contribution in [0.25, 0.3) is 42.4 Å². The number of fused-ring (bicyclic) bond motifs is 2. The second-order valence-electron chi connectivity index (χ2n) is 16.9. The minimum atomic E-state index is -1.49. The molecule has 22 heteroatoms. The number of ether oxygens (including phenoxy) is 2. The number of hydrogen-bond acceptors (Lipinski definition) is 16. The Morgan fingerprint density at radius 1 is 0.708 bits per heavy atom. The van der Waals surface area contributed by atoms with E-state index < -0.39 is 7.12 Å². The van der Waals surface area contributed by atoms with Crippen LogP contribution in [0.4, 0.5) is 34.9 Å². The van der Waals surface area contributed by atoms with E-state index in [2.05, 4.69) is 50.2 Å². The van der Waals surface area contributed by atoms with Gasteiger partial charge in [0.2, 0.25) is 23.3 Å². The van der Waals surface area contributed by atoms with Gasteiger partial charge in [-0.2, -0.15) is 0 Å². The predicted molar refractivity (Wildman–Crippen MR) is 278 cm³/mol. The first-order valence-corrected chi connectivity index (χ1v) is 23.0. The van der Waals surface area contributed by atoms with Crippen molar-refractivity contribution in [3.05, 3.63) is 158 Å². The Hall–Kier alpha value is -8.63. The van der Waals surface area contributed by atoms with E-state index in [1.165, 1.54) is 38.0 Å². The van der Waals surface area contributed by atoms with Gasteiger partial charge in [0.15, 0.2) is 0 Å². The summed E-state index contributed by atoms with van der Waals surface area (Å²) in [5.41, 5.74) is 15.4. The lowest BCUT2D eigenvalue weighted by Crippen LogP contribution is -2.29. The van der Waals surface area contributed by atoms with Crippen molar-refractivity contribution in [1.29, 1.82) is 0 Å². The summed E-state index contributed by atoms with van der Waals surface area (Å²) in [5, 5.41) is 27.1. The van der Waals surface area contributed by atoms with Crippen molar-refractivity contribution in [2.24, 2.45) is 0 Å². The fourth-order valence-corrected chi connectivity index (χ4v) is 8.42. The molecule has 6 aromatic heterocycles. The van der Waals surface area contributed by atoms with Crippen LogP contribution in [0.1, 0.15) is 75.1 Å². The summed E-state index contributed by atoms with van der Waals surface area (Å²) < 4.78 is 13.8. The van der Waals surface area contributed by atoms with Crippen LogP contribution < -0.4 is 48.2 Å². The molecule has 0 unspecified atom stereocenters. The average Bonchev–Trinajstić information content (AvgIpc) is 4.33. The molecule has 0 spiro atoms. The zero-order valence-electron chi connectivity index (χ0n) is 39.5. The van der Waals surface area contributed by atoms with Crippen LogP contribution in [-0.4, -0.2) is 70.4 Å². The minimum absolute atomic E-state index is 0.0466. The van der Waals surface area contributed by atoms with Crippen LogP contribution in [0.3, 0.4) is 0 Å². The monoisotopic (exact) mass is 986 g/mol. The molecule has 0 bridgehead atoms. The van der Waals surface area contributed by atoms with Crippen molar-refractivity contribution in [2.45, 2.75) is 63.7 Å². The number of nitrogens with two attached hydrogens (primary N) is 2. The fraction of sp³-hybridized carbons (Fsp3) is 0.240. The Labute approximate surface area is 418 Å². The number of pyridine rings is 4. The van der Waals surface area contributed by atoms with Crippen molar-refractivity contribution in [3.63, 3.8) is 0 Å². The van der Waals surface area contributed by atoms with Gasteiger partial charge < -0.3 is 50.8 Å². The van der Waals surface area contributed by atoms with E-state index in [1.807, 2.05) is 71.5 Å². The predicted octanol–water partition coefficient (Wildman–Crippen LogP) is 7.36. The van der Waals surface area contributed by atoms with Crippen LogP contribution in [0.15, 0.2) is 107 Å². The summed E-state index contributed by atoms with van der Waals surface area (Å²) in [4.78, 5) is 58.0. The molecule has 0 radical (unpaired) electrons. The Balaban J connectivity index is 0.000000162. The van der Waals surface area contributed by atoms with Gasteiger partial charge in [-0.1, -0.05) is 41.9 Å². The molecule has 2 saturated carbocycles. The third-order valence-electron chi connectivity index (χ3n) is 11.9. The molecule has 2 fully saturated rings. The summed E-state index contributed by atoms with van der Waals surface area (Å²) in [6, 6.07) is 18.4. The summed E-state index contributed by atoms with van der Waals surface area (Å²) in [7, 11) is 1.59. The lowest BCUT2D eigenvalue weighted by molar-refractivity contribution is 0.410. The highest BCUT2D eigenvalue weighted by atomic mass is 35.5. The van der Waals surface area contributed by atoms with E-state index in [9.17, 15) is 9.59 Å². The van der Waals surface area contributed by atoms with Crippen LogP contribution in [0.2, 0.25) is 5.02 Å². The van der Waals surface area contributed by atoms with Crippen LogP contribution in [0.5, 0.6) is 11.5 Å². The summed E-state index contributed by atoms with van der Waals surface area (Å²) in [6.07, 6.45) is 12.8. The standard InChI is InChI=1S/C25H23N7O2.C19H17ClN6O.C6H8BNO3/c1-14(30-23-20(27-2)13-29-25(26)31-23)21-10-15-5-4-6-19(16-9-18(34-3)12-28-11-16)22(15)24(33)32(21)17-7-8-17;1-10(24-17-14(22-2)9-23-19(21)25-17)15-8-11-4-3-5-13(20)16(11)18(27)26(15)12-6-7-12;1-11-6-2-5(7(9)10)3-8-4-6/h4-6,9-14,17H,7-8H2,1,3H3,(H3,26,29,30,31);3-5,8-10,12H,6-7H2,1H3,(H3,21,23,24,25);2-4,9-10H,1H3/t14-;10-;/m00./s1. The topological polar surface area (TPSA) is 265 Å². The van der Waals surface area contributed by atoms with Crippen molar-refractivity contribution in [1.82, 2.24) is 39.0 Å². The van der Waals surface area contributed by atoms with E-state index in [4.69, 9.17) is 55.7 Å². The summed E-state index contributed by atoms with van der Waals surface area (Å²) in [6.45, 7) is 18.6. The van der Waals surface area contributed by atoms with Crippen molar-refractivity contribution < 1.29 is 19.5 Å². The van der Waals surface area contributed by atoms with Gasteiger partial charge in [0.1, 0.15) is 23.1 Å². The van der Waals surface area contributed by atoms with E-state index in [1.54, 1.807) is 25.6 Å². The van der Waals surface area contributed by atoms with E-state index in [0.29, 0.717) is 44.4 Å². The molecule has 20 nitrogen and oxygen atoms in total. The maximum Gasteiger partial charge on any atom is 0.490 e. The van der Waals surface area contributed by atoms with E-state index in [-0.39, 0.29) is 58.6 Å². The first kappa shape index (κ1) is 49.8. The first-order valence-electron chi connectivity index (χ1n) is 22.6. The number of methoxy groups -OCH3 is 2. The second kappa shape index (κ2) is 21.6. The number of nitrogen functional groups attached to an aromatic ring is 2. The van der Waals surface area contributed by atoms with Gasteiger partial charge in [0, 0.05) is 59.3 Å². The number of benzene rings is 2. The molecule has 0 amide bonds. The lowest BCUT2D eigenvalue weighted by atomic mass is 9.82. The van der Waals surface area contributed by atoms with Crippen molar-refractivity contribution in [3.8, 4) is 22.6 Å². The van der Waals surface area contributed by atoms with Gasteiger partial charge in [0.05, 0.1) is 67.6 Å². The third kappa shape index (κ3) is 10.9. The largest absolute Gasteiger partial charge is 0.495 e. The molecular weight excluding hydrogens is 939 g/mol. The minimum Gasteiger partial charge on any atom is -0.495 e. The number of nitrogens with zero attached hydrogens (tertiary/aromatic N) is 10. The molecule has 72 heavy (non-hydrogen) atoms. The van der Waals surface area contributed by atoms with E-state index in [0.717, 1.165) is 59.0 Å². The van der Waals surface area contributed by atoms with Gasteiger partial charge >= 0.3 is 7.12 Å². The molecule has 2 atom stereocenters. The van der Waals surface area contributed by atoms with Gasteiger partial charge in [-0.15, -0.1) is 0 Å². The Morgan fingerprint density at radius 3 is 1.69 bits per heavy atom. The Kier molecular flexibility index (Phi) is 14.9. The first-order chi connectivity index (χ1) is 34.7. The van der Waals surface area contributed by atoms with Crippen molar-refractivity contribution in [2.75, 3.05) is 36.3 Å².